The van der Waals surface area contributed by atoms with Crippen molar-refractivity contribution in [1.29, 1.82) is 0 Å². The molecule has 2 heterocycles. The van der Waals surface area contributed by atoms with Crippen LogP contribution < -0.4 is 10.1 Å². The van der Waals surface area contributed by atoms with E-state index >= 15 is 0 Å². The first-order valence-corrected chi connectivity index (χ1v) is 8.38. The minimum Gasteiger partial charge on any atom is -0.457 e. The monoisotopic (exact) mass is 356 g/mol. The molecular formula is C21H16N4O2. The van der Waals surface area contributed by atoms with E-state index in [4.69, 9.17) is 4.74 Å². The molecule has 0 aliphatic carbocycles. The van der Waals surface area contributed by atoms with Gasteiger partial charge < -0.3 is 15.0 Å². The fourth-order valence-electron chi connectivity index (χ4n) is 2.56. The van der Waals surface area contributed by atoms with E-state index in [-0.39, 0.29) is 11.7 Å². The minimum atomic E-state index is -0.328. The zero-order valence-electron chi connectivity index (χ0n) is 14.3. The molecule has 132 valence electrons. The largest absolute Gasteiger partial charge is 0.457 e. The molecule has 2 aromatic carbocycles. The topological polar surface area (TPSA) is 79.9 Å². The van der Waals surface area contributed by atoms with E-state index < -0.39 is 0 Å². The van der Waals surface area contributed by atoms with Crippen LogP contribution in [0.5, 0.6) is 11.5 Å². The maximum absolute atomic E-state index is 12.3. The van der Waals surface area contributed by atoms with E-state index in [9.17, 15) is 4.79 Å². The normalized spacial score (nSPS) is 10.4. The first-order chi connectivity index (χ1) is 13.3. The third kappa shape index (κ3) is 4.01. The van der Waals surface area contributed by atoms with Crippen molar-refractivity contribution in [2.24, 2.45) is 0 Å². The van der Waals surface area contributed by atoms with Gasteiger partial charge in [0.25, 0.3) is 5.91 Å². The second-order valence-corrected chi connectivity index (χ2v) is 5.78. The van der Waals surface area contributed by atoms with Gasteiger partial charge in [-0.25, -0.2) is 4.98 Å². The number of hydrogen-bond acceptors (Lipinski definition) is 4. The standard InChI is InChI=1S/C21H16N4O2/c26-21(24-16-7-5-11-22-13-16)20-23-14-19(25-20)15-6-4-10-18(12-15)27-17-8-2-1-3-9-17/h1-14H,(H,23,25)(H,24,26). The number of pyridine rings is 1. The molecule has 0 saturated heterocycles. The van der Waals surface area contributed by atoms with Crippen molar-refractivity contribution >= 4 is 11.6 Å². The third-order valence-corrected chi connectivity index (χ3v) is 3.83. The number of para-hydroxylation sites is 1. The predicted molar refractivity (Wildman–Crippen MR) is 103 cm³/mol. The Morgan fingerprint density at radius 3 is 2.59 bits per heavy atom. The van der Waals surface area contributed by atoms with Gasteiger partial charge in [0.05, 0.1) is 23.8 Å². The van der Waals surface area contributed by atoms with Crippen molar-refractivity contribution < 1.29 is 9.53 Å². The van der Waals surface area contributed by atoms with E-state index in [1.807, 2.05) is 54.6 Å². The van der Waals surface area contributed by atoms with Gasteiger partial charge in [-0.05, 0) is 36.4 Å². The van der Waals surface area contributed by atoms with Crippen molar-refractivity contribution in [2.45, 2.75) is 0 Å². The average molecular weight is 356 g/mol. The van der Waals surface area contributed by atoms with Gasteiger partial charge in [0.15, 0.2) is 5.82 Å². The summed E-state index contributed by atoms with van der Waals surface area (Å²) in [6.07, 6.45) is 4.84. The van der Waals surface area contributed by atoms with Crippen molar-refractivity contribution in [3.05, 3.63) is 91.1 Å². The Balaban J connectivity index is 1.51. The lowest BCUT2D eigenvalue weighted by Gasteiger charge is -2.06. The Morgan fingerprint density at radius 1 is 0.926 bits per heavy atom. The molecular weight excluding hydrogens is 340 g/mol. The molecule has 0 aliphatic rings. The number of nitrogens with one attached hydrogen (secondary N) is 2. The van der Waals surface area contributed by atoms with Crippen LogP contribution in [0.15, 0.2) is 85.3 Å². The molecule has 0 fully saturated rings. The molecule has 27 heavy (non-hydrogen) atoms. The summed E-state index contributed by atoms with van der Waals surface area (Å²) < 4.78 is 5.85. The molecule has 4 rings (SSSR count). The highest BCUT2D eigenvalue weighted by atomic mass is 16.5. The first-order valence-electron chi connectivity index (χ1n) is 8.38. The second-order valence-electron chi connectivity index (χ2n) is 5.78. The Kier molecular flexibility index (Phi) is 4.61. The maximum atomic E-state index is 12.3. The van der Waals surface area contributed by atoms with Gasteiger partial charge in [-0.15, -0.1) is 0 Å². The van der Waals surface area contributed by atoms with Gasteiger partial charge in [-0.1, -0.05) is 30.3 Å². The van der Waals surface area contributed by atoms with Crippen LogP contribution in [0.1, 0.15) is 10.6 Å². The number of H-pyrrole nitrogens is 1. The number of aromatic amines is 1. The Labute approximate surface area is 155 Å². The Bertz CT molecular complexity index is 1050. The van der Waals surface area contributed by atoms with Crippen LogP contribution >= 0.6 is 0 Å². The Hall–Kier alpha value is -3.93. The molecule has 0 saturated carbocycles. The lowest BCUT2D eigenvalue weighted by molar-refractivity contribution is 0.101. The number of rotatable bonds is 5. The van der Waals surface area contributed by atoms with Gasteiger partial charge in [-0.2, -0.15) is 0 Å². The lowest BCUT2D eigenvalue weighted by Crippen LogP contribution is -2.13. The van der Waals surface area contributed by atoms with Gasteiger partial charge >= 0.3 is 0 Å². The van der Waals surface area contributed by atoms with Crippen LogP contribution in [0.2, 0.25) is 0 Å². The number of amides is 1. The number of nitrogens with zero attached hydrogens (tertiary/aromatic N) is 2. The summed E-state index contributed by atoms with van der Waals surface area (Å²) in [5, 5.41) is 2.75. The number of ether oxygens (including phenoxy) is 1. The number of benzene rings is 2. The third-order valence-electron chi connectivity index (χ3n) is 3.83. The maximum Gasteiger partial charge on any atom is 0.291 e. The molecule has 1 amide bonds. The van der Waals surface area contributed by atoms with E-state index in [1.54, 1.807) is 30.7 Å². The van der Waals surface area contributed by atoms with E-state index in [0.29, 0.717) is 11.4 Å². The summed E-state index contributed by atoms with van der Waals surface area (Å²) >= 11 is 0. The van der Waals surface area contributed by atoms with Gasteiger partial charge in [0.1, 0.15) is 11.5 Å². The van der Waals surface area contributed by atoms with Gasteiger partial charge in [-0.3, -0.25) is 9.78 Å². The lowest BCUT2D eigenvalue weighted by atomic mass is 10.1. The number of imidazole rings is 1. The fraction of sp³-hybridized carbons (Fsp3) is 0. The molecule has 6 nitrogen and oxygen atoms in total. The number of hydrogen-bond donors (Lipinski definition) is 2. The molecule has 0 radical (unpaired) electrons. The summed E-state index contributed by atoms with van der Waals surface area (Å²) in [6, 6.07) is 20.7. The van der Waals surface area contributed by atoms with Crippen LogP contribution in [-0.2, 0) is 0 Å². The molecule has 0 spiro atoms. The SMILES string of the molecule is O=C(Nc1cccnc1)c1ncc(-c2cccc(Oc3ccccc3)c2)[nH]1. The van der Waals surface area contributed by atoms with Crippen molar-refractivity contribution in [1.82, 2.24) is 15.0 Å². The summed E-state index contributed by atoms with van der Waals surface area (Å²) in [4.78, 5) is 23.5. The van der Waals surface area contributed by atoms with Crippen molar-refractivity contribution in [3.63, 3.8) is 0 Å². The molecule has 0 aliphatic heterocycles. The van der Waals surface area contributed by atoms with E-state index in [2.05, 4.69) is 20.3 Å². The highest BCUT2D eigenvalue weighted by molar-refractivity contribution is 6.01. The molecule has 2 aromatic heterocycles. The first kappa shape index (κ1) is 16.5. The molecule has 0 bridgehead atoms. The van der Waals surface area contributed by atoms with E-state index in [0.717, 1.165) is 17.0 Å². The van der Waals surface area contributed by atoms with Gasteiger partial charge in [0, 0.05) is 11.8 Å². The highest BCUT2D eigenvalue weighted by Gasteiger charge is 2.12. The highest BCUT2D eigenvalue weighted by Crippen LogP contribution is 2.26. The van der Waals surface area contributed by atoms with Crippen LogP contribution in [0.4, 0.5) is 5.69 Å². The van der Waals surface area contributed by atoms with Crippen LogP contribution in [0.25, 0.3) is 11.3 Å². The molecule has 2 N–H and O–H groups in total. The summed E-state index contributed by atoms with van der Waals surface area (Å²) in [5.74, 6) is 1.36. The number of carbonyl (C=O) groups is 1. The van der Waals surface area contributed by atoms with Gasteiger partial charge in [0.2, 0.25) is 0 Å². The Morgan fingerprint density at radius 2 is 1.78 bits per heavy atom. The smallest absolute Gasteiger partial charge is 0.291 e. The van der Waals surface area contributed by atoms with Crippen LogP contribution in [0.3, 0.4) is 0 Å². The molecule has 4 aromatic rings. The molecule has 0 atom stereocenters. The molecule has 0 unspecified atom stereocenters. The molecule has 6 heteroatoms. The summed E-state index contributed by atoms with van der Waals surface area (Å²) in [5.41, 5.74) is 2.21. The number of aromatic nitrogens is 3. The zero-order chi connectivity index (χ0) is 18.5. The van der Waals surface area contributed by atoms with E-state index in [1.165, 1.54) is 0 Å². The van der Waals surface area contributed by atoms with Crippen LogP contribution in [0, 0.1) is 0 Å². The van der Waals surface area contributed by atoms with Crippen LogP contribution in [-0.4, -0.2) is 20.9 Å². The summed E-state index contributed by atoms with van der Waals surface area (Å²) in [7, 11) is 0. The average Bonchev–Trinajstić information content (AvgIpc) is 3.20. The van der Waals surface area contributed by atoms with Crippen molar-refractivity contribution in [3.8, 4) is 22.8 Å². The quantitative estimate of drug-likeness (QED) is 0.551. The summed E-state index contributed by atoms with van der Waals surface area (Å²) in [6.45, 7) is 0. The minimum absolute atomic E-state index is 0.225. The second kappa shape index (κ2) is 7.53. The van der Waals surface area contributed by atoms with Crippen molar-refractivity contribution in [2.75, 3.05) is 5.32 Å². The number of anilines is 1. The zero-order valence-corrected chi connectivity index (χ0v) is 14.3. The predicted octanol–water partition coefficient (Wildman–Crippen LogP) is 4.52. The number of carbonyl (C=O) groups excluding carboxylic acids is 1. The fourth-order valence-corrected chi connectivity index (χ4v) is 2.56.